The number of rotatable bonds is 8. The summed E-state index contributed by atoms with van der Waals surface area (Å²) < 4.78 is 5.84. The molecule has 7 heteroatoms. The first kappa shape index (κ1) is 21.9. The zero-order valence-corrected chi connectivity index (χ0v) is 18.1. The van der Waals surface area contributed by atoms with Crippen molar-refractivity contribution in [2.24, 2.45) is 0 Å². The maximum absolute atomic E-state index is 12.5. The summed E-state index contributed by atoms with van der Waals surface area (Å²) in [5.41, 5.74) is 2.68. The molecule has 0 radical (unpaired) electrons. The first-order chi connectivity index (χ1) is 13.2. The zero-order chi connectivity index (χ0) is 20.8. The van der Waals surface area contributed by atoms with Crippen molar-refractivity contribution in [2.75, 3.05) is 7.11 Å². The van der Waals surface area contributed by atoms with Crippen LogP contribution in [-0.4, -0.2) is 35.8 Å². The second-order valence-electron chi connectivity index (χ2n) is 6.84. The van der Waals surface area contributed by atoms with Crippen molar-refractivity contribution in [1.82, 2.24) is 10.3 Å². The number of aromatic amines is 1. The van der Waals surface area contributed by atoms with Gasteiger partial charge in [-0.1, -0.05) is 28.1 Å². The van der Waals surface area contributed by atoms with Crippen LogP contribution in [0.1, 0.15) is 57.9 Å². The second-order valence-corrected chi connectivity index (χ2v) is 7.75. The standard InChI is InChI=1S/C21H25BrN2O4/c1-12(5-6-15-7-9-16(22)10-8-15)23-18(26)11-17-19(21(27)28-4)13(2)20(24-17)14(3)25/h7-10,12,24H,5-6,11H2,1-4H3,(H,23,26). The lowest BCUT2D eigenvalue weighted by molar-refractivity contribution is -0.121. The SMILES string of the molecule is COC(=O)c1c(CC(=O)NC(C)CCc2ccc(Br)cc2)[nH]c(C(C)=O)c1C. The van der Waals surface area contributed by atoms with Crippen LogP contribution in [0.25, 0.3) is 0 Å². The molecule has 1 heterocycles. The van der Waals surface area contributed by atoms with Crippen LogP contribution in [0.3, 0.4) is 0 Å². The molecule has 0 aliphatic heterocycles. The largest absolute Gasteiger partial charge is 0.465 e. The molecule has 1 atom stereocenters. The normalized spacial score (nSPS) is 11.8. The molecule has 0 saturated carbocycles. The van der Waals surface area contributed by atoms with Crippen molar-refractivity contribution in [3.63, 3.8) is 0 Å². The number of nitrogens with one attached hydrogen (secondary N) is 2. The van der Waals surface area contributed by atoms with Gasteiger partial charge in [0, 0.05) is 23.1 Å². The van der Waals surface area contributed by atoms with Gasteiger partial charge in [0.2, 0.25) is 5.91 Å². The summed E-state index contributed by atoms with van der Waals surface area (Å²) in [6.45, 7) is 5.02. The molecule has 0 bridgehead atoms. The molecule has 2 N–H and O–H groups in total. The first-order valence-electron chi connectivity index (χ1n) is 9.07. The van der Waals surface area contributed by atoms with Crippen LogP contribution < -0.4 is 5.32 Å². The number of methoxy groups -OCH3 is 1. The zero-order valence-electron chi connectivity index (χ0n) is 16.5. The van der Waals surface area contributed by atoms with Crippen molar-refractivity contribution in [3.05, 3.63) is 56.8 Å². The molecule has 1 aromatic heterocycles. The van der Waals surface area contributed by atoms with E-state index in [1.165, 1.54) is 19.6 Å². The lowest BCUT2D eigenvalue weighted by Gasteiger charge is -2.14. The third kappa shape index (κ3) is 5.55. The summed E-state index contributed by atoms with van der Waals surface area (Å²) in [5, 5.41) is 2.95. The van der Waals surface area contributed by atoms with E-state index in [0.29, 0.717) is 17.0 Å². The lowest BCUT2D eigenvalue weighted by Crippen LogP contribution is -2.34. The first-order valence-corrected chi connectivity index (χ1v) is 9.86. The maximum atomic E-state index is 12.5. The highest BCUT2D eigenvalue weighted by molar-refractivity contribution is 9.10. The summed E-state index contributed by atoms with van der Waals surface area (Å²) in [6, 6.07) is 8.06. The molecule has 0 saturated heterocycles. The fourth-order valence-corrected chi connectivity index (χ4v) is 3.38. The molecule has 2 rings (SSSR count). The lowest BCUT2D eigenvalue weighted by atomic mass is 10.1. The molecule has 150 valence electrons. The predicted octanol–water partition coefficient (Wildman–Crippen LogP) is 3.75. The molecule has 1 aromatic carbocycles. The number of halogens is 1. The average molecular weight is 449 g/mol. The monoisotopic (exact) mass is 448 g/mol. The quantitative estimate of drug-likeness (QED) is 0.475. The van der Waals surface area contributed by atoms with Crippen molar-refractivity contribution in [2.45, 2.75) is 46.1 Å². The number of aromatic nitrogens is 1. The van der Waals surface area contributed by atoms with E-state index in [9.17, 15) is 14.4 Å². The summed E-state index contributed by atoms with van der Waals surface area (Å²) in [5.74, 6) is -0.977. The van der Waals surface area contributed by atoms with Gasteiger partial charge in [0.25, 0.3) is 0 Å². The third-order valence-corrected chi connectivity index (χ3v) is 5.12. The van der Waals surface area contributed by atoms with Crippen LogP contribution in [0.5, 0.6) is 0 Å². The van der Waals surface area contributed by atoms with Gasteiger partial charge < -0.3 is 15.0 Å². The van der Waals surface area contributed by atoms with E-state index < -0.39 is 5.97 Å². The number of H-pyrrole nitrogens is 1. The molecular weight excluding hydrogens is 424 g/mol. The second kappa shape index (κ2) is 9.68. The summed E-state index contributed by atoms with van der Waals surface area (Å²) in [4.78, 5) is 39.2. The minimum absolute atomic E-state index is 0.0266. The highest BCUT2D eigenvalue weighted by atomic mass is 79.9. The van der Waals surface area contributed by atoms with Crippen molar-refractivity contribution < 1.29 is 19.1 Å². The molecule has 2 aromatic rings. The van der Waals surface area contributed by atoms with Gasteiger partial charge in [-0.3, -0.25) is 9.59 Å². The van der Waals surface area contributed by atoms with Gasteiger partial charge in [-0.25, -0.2) is 4.79 Å². The Bertz CT molecular complexity index is 871. The fraction of sp³-hybridized carbons (Fsp3) is 0.381. The third-order valence-electron chi connectivity index (χ3n) is 4.59. The van der Waals surface area contributed by atoms with E-state index in [-0.39, 0.29) is 29.7 Å². The van der Waals surface area contributed by atoms with Crippen molar-refractivity contribution in [3.8, 4) is 0 Å². The molecule has 0 aliphatic carbocycles. The molecule has 0 aliphatic rings. The van der Waals surface area contributed by atoms with Gasteiger partial charge in [-0.15, -0.1) is 0 Å². The minimum atomic E-state index is -0.563. The number of hydrogen-bond acceptors (Lipinski definition) is 4. The average Bonchev–Trinajstić information content (AvgIpc) is 2.96. The van der Waals surface area contributed by atoms with Crippen LogP contribution in [0.4, 0.5) is 0 Å². The number of hydrogen-bond donors (Lipinski definition) is 2. The number of ketones is 1. The van der Waals surface area contributed by atoms with Gasteiger partial charge in [0.05, 0.1) is 24.8 Å². The number of benzene rings is 1. The van der Waals surface area contributed by atoms with E-state index in [4.69, 9.17) is 4.74 Å². The molecule has 0 spiro atoms. The number of esters is 1. The number of amides is 1. The Morgan fingerprint density at radius 3 is 2.43 bits per heavy atom. The molecule has 6 nitrogen and oxygen atoms in total. The number of Topliss-reactive ketones (excluding diaryl/α,β-unsaturated/α-hetero) is 1. The Labute approximate surface area is 173 Å². The maximum Gasteiger partial charge on any atom is 0.339 e. The van der Waals surface area contributed by atoms with Crippen LogP contribution in [-0.2, 0) is 22.4 Å². The fourth-order valence-electron chi connectivity index (χ4n) is 3.11. The van der Waals surface area contributed by atoms with Gasteiger partial charge >= 0.3 is 5.97 Å². The van der Waals surface area contributed by atoms with E-state index in [2.05, 4.69) is 26.2 Å². The van der Waals surface area contributed by atoms with Gasteiger partial charge in [0.15, 0.2) is 5.78 Å². The number of aryl methyl sites for hydroxylation is 1. The molecule has 0 fully saturated rings. The smallest absolute Gasteiger partial charge is 0.339 e. The van der Waals surface area contributed by atoms with Gasteiger partial charge in [-0.05, 0) is 49.9 Å². The summed E-state index contributed by atoms with van der Waals surface area (Å²) >= 11 is 3.41. The summed E-state index contributed by atoms with van der Waals surface area (Å²) in [7, 11) is 1.27. The van der Waals surface area contributed by atoms with Gasteiger partial charge in [0.1, 0.15) is 0 Å². The van der Waals surface area contributed by atoms with Gasteiger partial charge in [-0.2, -0.15) is 0 Å². The minimum Gasteiger partial charge on any atom is -0.465 e. The molecule has 1 unspecified atom stereocenters. The Kier molecular flexibility index (Phi) is 7.57. The number of carbonyl (C=O) groups is 3. The summed E-state index contributed by atoms with van der Waals surface area (Å²) in [6.07, 6.45) is 1.61. The van der Waals surface area contributed by atoms with Crippen molar-refractivity contribution in [1.29, 1.82) is 0 Å². The molecule has 28 heavy (non-hydrogen) atoms. The van der Waals surface area contributed by atoms with E-state index >= 15 is 0 Å². The van der Waals surface area contributed by atoms with E-state index in [1.807, 2.05) is 31.2 Å². The van der Waals surface area contributed by atoms with Crippen LogP contribution in [0.15, 0.2) is 28.7 Å². The van der Waals surface area contributed by atoms with Crippen LogP contribution in [0, 0.1) is 6.92 Å². The Hall–Kier alpha value is -2.41. The Balaban J connectivity index is 2.01. The predicted molar refractivity (Wildman–Crippen MR) is 111 cm³/mol. The number of ether oxygens (including phenoxy) is 1. The van der Waals surface area contributed by atoms with Crippen molar-refractivity contribution >= 4 is 33.6 Å². The van der Waals surface area contributed by atoms with E-state index in [1.54, 1.807) is 6.92 Å². The Morgan fingerprint density at radius 2 is 1.86 bits per heavy atom. The number of carbonyl (C=O) groups excluding carboxylic acids is 3. The van der Waals surface area contributed by atoms with E-state index in [0.717, 1.165) is 17.3 Å². The highest BCUT2D eigenvalue weighted by Crippen LogP contribution is 2.21. The van der Waals surface area contributed by atoms with Crippen LogP contribution in [0.2, 0.25) is 0 Å². The molecule has 1 amide bonds. The Morgan fingerprint density at radius 1 is 1.21 bits per heavy atom. The topological polar surface area (TPSA) is 88.3 Å². The van der Waals surface area contributed by atoms with Crippen LogP contribution >= 0.6 is 15.9 Å². The highest BCUT2D eigenvalue weighted by Gasteiger charge is 2.24. The molecular formula is C21H25BrN2O4.